The lowest BCUT2D eigenvalue weighted by Gasteiger charge is -2.30. The van der Waals surface area contributed by atoms with E-state index in [0.717, 1.165) is 25.3 Å². The second-order valence-electron chi connectivity index (χ2n) is 5.01. The number of hydrogen-bond acceptors (Lipinski definition) is 3. The summed E-state index contributed by atoms with van der Waals surface area (Å²) in [5.41, 5.74) is 0.656. The number of rotatable bonds is 4. The fourth-order valence-corrected chi connectivity index (χ4v) is 2.33. The second-order valence-corrected chi connectivity index (χ2v) is 5.01. The van der Waals surface area contributed by atoms with Crippen molar-refractivity contribution in [2.75, 3.05) is 19.7 Å². The first-order valence-electron chi connectivity index (χ1n) is 6.95. The zero-order valence-corrected chi connectivity index (χ0v) is 11.6. The standard InChI is InChI=1S/C15H22N2O2/c1-3-19-13-6-4-5-12(9-13)15(18)17-14-10-16-8-7-11(14)2/h4-6,9,11,14,16H,3,7-8,10H2,1-2H3,(H,17,18). The van der Waals surface area contributed by atoms with E-state index in [1.807, 2.05) is 25.1 Å². The Balaban J connectivity index is 2.00. The third kappa shape index (κ3) is 3.70. The first kappa shape index (κ1) is 13.9. The lowest BCUT2D eigenvalue weighted by Crippen LogP contribution is -2.50. The van der Waals surface area contributed by atoms with Crippen LogP contribution in [0, 0.1) is 5.92 Å². The summed E-state index contributed by atoms with van der Waals surface area (Å²) in [6.45, 7) is 6.60. The molecule has 2 rings (SSSR count). The molecule has 4 nitrogen and oxygen atoms in total. The minimum Gasteiger partial charge on any atom is -0.494 e. The van der Waals surface area contributed by atoms with Crippen molar-refractivity contribution in [3.8, 4) is 5.75 Å². The van der Waals surface area contributed by atoms with Gasteiger partial charge in [0.25, 0.3) is 5.91 Å². The highest BCUT2D eigenvalue weighted by Crippen LogP contribution is 2.15. The average Bonchev–Trinajstić information content (AvgIpc) is 2.42. The van der Waals surface area contributed by atoms with E-state index >= 15 is 0 Å². The third-order valence-corrected chi connectivity index (χ3v) is 3.55. The Morgan fingerprint density at radius 1 is 1.53 bits per heavy atom. The van der Waals surface area contributed by atoms with Gasteiger partial charge in [0.05, 0.1) is 6.61 Å². The lowest BCUT2D eigenvalue weighted by atomic mass is 9.94. The van der Waals surface area contributed by atoms with Gasteiger partial charge in [0, 0.05) is 18.2 Å². The summed E-state index contributed by atoms with van der Waals surface area (Å²) in [5.74, 6) is 1.23. The predicted octanol–water partition coefficient (Wildman–Crippen LogP) is 1.81. The molecule has 0 saturated carbocycles. The number of carbonyl (C=O) groups is 1. The van der Waals surface area contributed by atoms with Crippen molar-refractivity contribution in [1.82, 2.24) is 10.6 Å². The molecule has 1 saturated heterocycles. The van der Waals surface area contributed by atoms with E-state index in [0.29, 0.717) is 18.1 Å². The minimum atomic E-state index is -0.0258. The van der Waals surface area contributed by atoms with E-state index in [-0.39, 0.29) is 11.9 Å². The summed E-state index contributed by atoms with van der Waals surface area (Å²) in [6.07, 6.45) is 1.10. The van der Waals surface area contributed by atoms with Crippen molar-refractivity contribution in [1.29, 1.82) is 0 Å². The fraction of sp³-hybridized carbons (Fsp3) is 0.533. The molecule has 0 spiro atoms. The van der Waals surface area contributed by atoms with Crippen LogP contribution in [0.25, 0.3) is 0 Å². The van der Waals surface area contributed by atoms with Gasteiger partial charge in [-0.2, -0.15) is 0 Å². The zero-order chi connectivity index (χ0) is 13.7. The molecular weight excluding hydrogens is 240 g/mol. The summed E-state index contributed by atoms with van der Waals surface area (Å²) in [6, 6.07) is 7.53. The highest BCUT2D eigenvalue weighted by Gasteiger charge is 2.23. The summed E-state index contributed by atoms with van der Waals surface area (Å²) in [4.78, 5) is 12.2. The van der Waals surface area contributed by atoms with Gasteiger partial charge < -0.3 is 15.4 Å². The molecular formula is C15H22N2O2. The van der Waals surface area contributed by atoms with Crippen molar-refractivity contribution in [2.24, 2.45) is 5.92 Å². The van der Waals surface area contributed by atoms with Crippen LogP contribution in [-0.4, -0.2) is 31.6 Å². The highest BCUT2D eigenvalue weighted by atomic mass is 16.5. The maximum Gasteiger partial charge on any atom is 0.251 e. The Hall–Kier alpha value is -1.55. The Kier molecular flexibility index (Phi) is 4.80. The van der Waals surface area contributed by atoms with Gasteiger partial charge in [0.1, 0.15) is 5.75 Å². The number of amides is 1. The molecule has 0 aromatic heterocycles. The van der Waals surface area contributed by atoms with Crippen LogP contribution in [0.4, 0.5) is 0 Å². The molecule has 0 aliphatic carbocycles. The van der Waals surface area contributed by atoms with Crippen molar-refractivity contribution in [2.45, 2.75) is 26.3 Å². The van der Waals surface area contributed by atoms with Gasteiger partial charge >= 0.3 is 0 Å². The molecule has 1 aromatic carbocycles. The van der Waals surface area contributed by atoms with Crippen LogP contribution < -0.4 is 15.4 Å². The van der Waals surface area contributed by atoms with E-state index < -0.39 is 0 Å². The van der Waals surface area contributed by atoms with Gasteiger partial charge in [-0.25, -0.2) is 0 Å². The fourth-order valence-electron chi connectivity index (χ4n) is 2.33. The SMILES string of the molecule is CCOc1cccc(C(=O)NC2CNCCC2C)c1. The Bertz CT molecular complexity index is 434. The van der Waals surface area contributed by atoms with Crippen molar-refractivity contribution < 1.29 is 9.53 Å². The summed E-state index contributed by atoms with van der Waals surface area (Å²) in [7, 11) is 0. The molecule has 2 atom stereocenters. The van der Waals surface area contributed by atoms with Crippen LogP contribution in [0.1, 0.15) is 30.6 Å². The van der Waals surface area contributed by atoms with Crippen LogP contribution in [0.5, 0.6) is 5.75 Å². The van der Waals surface area contributed by atoms with Crippen LogP contribution in [-0.2, 0) is 0 Å². The third-order valence-electron chi connectivity index (χ3n) is 3.55. The van der Waals surface area contributed by atoms with Gasteiger partial charge in [-0.15, -0.1) is 0 Å². The number of benzene rings is 1. The quantitative estimate of drug-likeness (QED) is 0.870. The van der Waals surface area contributed by atoms with Crippen LogP contribution in [0.15, 0.2) is 24.3 Å². The number of ether oxygens (including phenoxy) is 1. The van der Waals surface area contributed by atoms with E-state index in [1.165, 1.54) is 0 Å². The van der Waals surface area contributed by atoms with Crippen molar-refractivity contribution >= 4 is 5.91 Å². The molecule has 1 aliphatic heterocycles. The highest BCUT2D eigenvalue weighted by molar-refractivity contribution is 5.94. The molecule has 1 fully saturated rings. The number of hydrogen-bond donors (Lipinski definition) is 2. The Morgan fingerprint density at radius 3 is 3.11 bits per heavy atom. The van der Waals surface area contributed by atoms with Gasteiger partial charge in [-0.1, -0.05) is 13.0 Å². The number of piperidine rings is 1. The zero-order valence-electron chi connectivity index (χ0n) is 11.6. The molecule has 1 heterocycles. The van der Waals surface area contributed by atoms with Crippen LogP contribution in [0.2, 0.25) is 0 Å². The van der Waals surface area contributed by atoms with Crippen LogP contribution >= 0.6 is 0 Å². The van der Waals surface area contributed by atoms with E-state index in [4.69, 9.17) is 4.74 Å². The van der Waals surface area contributed by atoms with E-state index in [1.54, 1.807) is 6.07 Å². The van der Waals surface area contributed by atoms with E-state index in [2.05, 4.69) is 17.6 Å². The van der Waals surface area contributed by atoms with Gasteiger partial charge in [0.15, 0.2) is 0 Å². The largest absolute Gasteiger partial charge is 0.494 e. The molecule has 2 N–H and O–H groups in total. The van der Waals surface area contributed by atoms with Gasteiger partial charge in [-0.05, 0) is 44.0 Å². The van der Waals surface area contributed by atoms with Gasteiger partial charge in [0.2, 0.25) is 0 Å². The molecule has 0 bridgehead atoms. The summed E-state index contributed by atoms with van der Waals surface area (Å²) < 4.78 is 5.42. The minimum absolute atomic E-state index is 0.0258. The summed E-state index contributed by atoms with van der Waals surface area (Å²) >= 11 is 0. The second kappa shape index (κ2) is 6.57. The predicted molar refractivity (Wildman–Crippen MR) is 75.5 cm³/mol. The molecule has 1 amide bonds. The monoisotopic (exact) mass is 262 g/mol. The van der Waals surface area contributed by atoms with Crippen LogP contribution in [0.3, 0.4) is 0 Å². The van der Waals surface area contributed by atoms with Crippen molar-refractivity contribution in [3.63, 3.8) is 0 Å². The molecule has 4 heteroatoms. The molecule has 1 aromatic rings. The Morgan fingerprint density at radius 2 is 2.37 bits per heavy atom. The maximum atomic E-state index is 12.2. The molecule has 2 unspecified atom stereocenters. The van der Waals surface area contributed by atoms with E-state index in [9.17, 15) is 4.79 Å². The molecule has 104 valence electrons. The summed E-state index contributed by atoms with van der Waals surface area (Å²) in [5, 5.41) is 6.41. The average molecular weight is 262 g/mol. The Labute approximate surface area is 114 Å². The topological polar surface area (TPSA) is 50.4 Å². The normalized spacial score (nSPS) is 22.8. The van der Waals surface area contributed by atoms with Crippen molar-refractivity contribution in [3.05, 3.63) is 29.8 Å². The lowest BCUT2D eigenvalue weighted by molar-refractivity contribution is 0.0915. The smallest absolute Gasteiger partial charge is 0.251 e. The number of nitrogens with one attached hydrogen (secondary N) is 2. The van der Waals surface area contributed by atoms with Gasteiger partial charge in [-0.3, -0.25) is 4.79 Å². The number of carbonyl (C=O) groups excluding carboxylic acids is 1. The molecule has 19 heavy (non-hydrogen) atoms. The first-order valence-corrected chi connectivity index (χ1v) is 6.95. The maximum absolute atomic E-state index is 12.2. The molecule has 0 radical (unpaired) electrons. The molecule has 1 aliphatic rings. The first-order chi connectivity index (χ1) is 9.20.